The summed E-state index contributed by atoms with van der Waals surface area (Å²) in [6.07, 6.45) is 11.4. The van der Waals surface area contributed by atoms with E-state index in [9.17, 15) is 0 Å². The first-order chi connectivity index (χ1) is 9.28. The van der Waals surface area contributed by atoms with E-state index < -0.39 is 0 Å². The van der Waals surface area contributed by atoms with Crippen molar-refractivity contribution in [1.29, 1.82) is 0 Å². The molecular formula is C17H34N2. The highest BCUT2D eigenvalue weighted by Gasteiger charge is 2.36. The molecule has 0 aliphatic heterocycles. The lowest BCUT2D eigenvalue weighted by molar-refractivity contribution is 0.144. The summed E-state index contributed by atoms with van der Waals surface area (Å²) >= 11 is 0. The lowest BCUT2D eigenvalue weighted by Crippen LogP contribution is -2.43. The van der Waals surface area contributed by atoms with Crippen molar-refractivity contribution >= 4 is 0 Å². The topological polar surface area (TPSA) is 15.3 Å². The second-order valence-electron chi connectivity index (χ2n) is 7.06. The van der Waals surface area contributed by atoms with E-state index in [4.69, 9.17) is 0 Å². The standard InChI is InChI=1S/C17H34N2/c1-3-11-18-14-17(9-5-6-10-17)15-19(12-4-2)13-16-7-8-16/h16,18H,3-15H2,1-2H3. The van der Waals surface area contributed by atoms with Crippen LogP contribution in [-0.4, -0.2) is 37.6 Å². The van der Waals surface area contributed by atoms with Gasteiger partial charge in [-0.1, -0.05) is 26.7 Å². The van der Waals surface area contributed by atoms with Crippen molar-refractivity contribution in [1.82, 2.24) is 10.2 Å². The van der Waals surface area contributed by atoms with Crippen molar-refractivity contribution in [2.24, 2.45) is 11.3 Å². The number of hydrogen-bond donors (Lipinski definition) is 1. The molecule has 0 aromatic rings. The average Bonchev–Trinajstić information content (AvgIpc) is 3.08. The SMILES string of the molecule is CCCNCC1(CN(CCC)CC2CC2)CCCC1. The fraction of sp³-hybridized carbons (Fsp3) is 1.00. The number of rotatable bonds is 10. The molecule has 0 amide bonds. The Kier molecular flexibility index (Phi) is 6.15. The maximum Gasteiger partial charge on any atom is 0.00503 e. The van der Waals surface area contributed by atoms with E-state index in [2.05, 4.69) is 24.1 Å². The molecule has 2 fully saturated rings. The van der Waals surface area contributed by atoms with Crippen LogP contribution in [0.5, 0.6) is 0 Å². The Balaban J connectivity index is 1.84. The summed E-state index contributed by atoms with van der Waals surface area (Å²) in [4.78, 5) is 2.79. The predicted octanol–water partition coefficient (Wildman–Crippen LogP) is 3.67. The van der Waals surface area contributed by atoms with Crippen LogP contribution in [-0.2, 0) is 0 Å². The minimum Gasteiger partial charge on any atom is -0.316 e. The van der Waals surface area contributed by atoms with Gasteiger partial charge in [0.15, 0.2) is 0 Å². The van der Waals surface area contributed by atoms with Gasteiger partial charge in [-0.3, -0.25) is 0 Å². The van der Waals surface area contributed by atoms with Gasteiger partial charge in [0.2, 0.25) is 0 Å². The predicted molar refractivity (Wildman–Crippen MR) is 83.5 cm³/mol. The van der Waals surface area contributed by atoms with Crippen LogP contribution in [0.25, 0.3) is 0 Å². The Hall–Kier alpha value is -0.0800. The van der Waals surface area contributed by atoms with Gasteiger partial charge < -0.3 is 10.2 Å². The molecule has 0 aromatic carbocycles. The highest BCUT2D eigenvalue weighted by atomic mass is 15.1. The zero-order valence-electron chi connectivity index (χ0n) is 13.2. The Bertz CT molecular complexity index is 242. The summed E-state index contributed by atoms with van der Waals surface area (Å²) in [5, 5.41) is 3.71. The van der Waals surface area contributed by atoms with Gasteiger partial charge in [-0.2, -0.15) is 0 Å². The van der Waals surface area contributed by atoms with Gasteiger partial charge in [-0.05, 0) is 62.9 Å². The van der Waals surface area contributed by atoms with Gasteiger partial charge in [0, 0.05) is 19.6 Å². The Labute approximate surface area is 120 Å². The van der Waals surface area contributed by atoms with Gasteiger partial charge in [0.05, 0.1) is 0 Å². The summed E-state index contributed by atoms with van der Waals surface area (Å²) in [5.41, 5.74) is 0.596. The van der Waals surface area contributed by atoms with Crippen LogP contribution in [0.15, 0.2) is 0 Å². The fourth-order valence-corrected chi connectivity index (χ4v) is 3.74. The smallest absolute Gasteiger partial charge is 0.00503 e. The third kappa shape index (κ3) is 5.07. The molecule has 0 bridgehead atoms. The Morgan fingerprint density at radius 1 is 1.11 bits per heavy atom. The van der Waals surface area contributed by atoms with Crippen LogP contribution in [0.1, 0.15) is 65.2 Å². The van der Waals surface area contributed by atoms with E-state index in [-0.39, 0.29) is 0 Å². The van der Waals surface area contributed by atoms with E-state index >= 15 is 0 Å². The summed E-state index contributed by atoms with van der Waals surface area (Å²) in [6.45, 7) is 11.1. The molecule has 2 heteroatoms. The third-order valence-corrected chi connectivity index (χ3v) is 4.90. The maximum atomic E-state index is 3.71. The van der Waals surface area contributed by atoms with E-state index in [0.29, 0.717) is 5.41 Å². The van der Waals surface area contributed by atoms with Crippen LogP contribution in [0.2, 0.25) is 0 Å². The van der Waals surface area contributed by atoms with Crippen LogP contribution in [0, 0.1) is 11.3 Å². The van der Waals surface area contributed by atoms with Crippen LogP contribution < -0.4 is 5.32 Å². The second kappa shape index (κ2) is 7.64. The molecule has 112 valence electrons. The van der Waals surface area contributed by atoms with Crippen LogP contribution >= 0.6 is 0 Å². The van der Waals surface area contributed by atoms with Gasteiger partial charge in [-0.25, -0.2) is 0 Å². The van der Waals surface area contributed by atoms with E-state index in [1.807, 2.05) is 0 Å². The molecule has 0 spiro atoms. The third-order valence-electron chi connectivity index (χ3n) is 4.90. The van der Waals surface area contributed by atoms with Gasteiger partial charge in [0.25, 0.3) is 0 Å². The maximum absolute atomic E-state index is 3.71. The van der Waals surface area contributed by atoms with Crippen molar-refractivity contribution in [3.05, 3.63) is 0 Å². The first-order valence-electron chi connectivity index (χ1n) is 8.71. The minimum atomic E-state index is 0.596. The molecule has 2 rings (SSSR count). The molecular weight excluding hydrogens is 232 g/mol. The number of nitrogens with one attached hydrogen (secondary N) is 1. The molecule has 0 unspecified atom stereocenters. The molecule has 0 atom stereocenters. The summed E-state index contributed by atoms with van der Waals surface area (Å²) < 4.78 is 0. The number of hydrogen-bond acceptors (Lipinski definition) is 2. The largest absolute Gasteiger partial charge is 0.316 e. The summed E-state index contributed by atoms with van der Waals surface area (Å²) in [7, 11) is 0. The fourth-order valence-electron chi connectivity index (χ4n) is 3.74. The molecule has 0 aromatic heterocycles. The van der Waals surface area contributed by atoms with Crippen LogP contribution in [0.4, 0.5) is 0 Å². The highest BCUT2D eigenvalue weighted by Crippen LogP contribution is 2.39. The van der Waals surface area contributed by atoms with Crippen molar-refractivity contribution in [3.8, 4) is 0 Å². The van der Waals surface area contributed by atoms with Gasteiger partial charge in [0.1, 0.15) is 0 Å². The molecule has 0 radical (unpaired) electrons. The van der Waals surface area contributed by atoms with E-state index in [0.717, 1.165) is 5.92 Å². The molecule has 2 aliphatic rings. The first kappa shape index (κ1) is 15.3. The minimum absolute atomic E-state index is 0.596. The van der Waals surface area contributed by atoms with Crippen molar-refractivity contribution in [2.45, 2.75) is 65.2 Å². The van der Waals surface area contributed by atoms with E-state index in [1.165, 1.54) is 84.1 Å². The highest BCUT2D eigenvalue weighted by molar-refractivity contribution is 4.90. The monoisotopic (exact) mass is 266 g/mol. The van der Waals surface area contributed by atoms with Crippen molar-refractivity contribution in [2.75, 3.05) is 32.7 Å². The molecule has 19 heavy (non-hydrogen) atoms. The Morgan fingerprint density at radius 2 is 1.84 bits per heavy atom. The normalized spacial score (nSPS) is 22.3. The lowest BCUT2D eigenvalue weighted by Gasteiger charge is -2.36. The zero-order chi connectivity index (χ0) is 13.6. The molecule has 2 aliphatic carbocycles. The Morgan fingerprint density at radius 3 is 2.42 bits per heavy atom. The van der Waals surface area contributed by atoms with Gasteiger partial charge >= 0.3 is 0 Å². The first-order valence-corrected chi connectivity index (χ1v) is 8.71. The molecule has 0 heterocycles. The lowest BCUT2D eigenvalue weighted by atomic mass is 9.85. The van der Waals surface area contributed by atoms with Crippen molar-refractivity contribution < 1.29 is 0 Å². The van der Waals surface area contributed by atoms with Crippen LogP contribution in [0.3, 0.4) is 0 Å². The summed E-state index contributed by atoms with van der Waals surface area (Å²) in [6, 6.07) is 0. The molecule has 2 nitrogen and oxygen atoms in total. The molecule has 2 saturated carbocycles. The number of nitrogens with zero attached hydrogens (tertiary/aromatic N) is 1. The zero-order valence-corrected chi connectivity index (χ0v) is 13.2. The van der Waals surface area contributed by atoms with Gasteiger partial charge in [-0.15, -0.1) is 0 Å². The van der Waals surface area contributed by atoms with Crippen molar-refractivity contribution in [3.63, 3.8) is 0 Å². The second-order valence-corrected chi connectivity index (χ2v) is 7.06. The van der Waals surface area contributed by atoms with E-state index in [1.54, 1.807) is 0 Å². The quantitative estimate of drug-likeness (QED) is 0.607. The molecule has 1 N–H and O–H groups in total. The molecule has 0 saturated heterocycles. The summed E-state index contributed by atoms with van der Waals surface area (Å²) in [5.74, 6) is 1.04. The average molecular weight is 266 g/mol.